The van der Waals surface area contributed by atoms with Crippen LogP contribution < -0.4 is 31.9 Å². The number of nitrogens with one attached hydrogen (secondary N) is 6. The number of aryl methyl sites for hydroxylation is 1. The van der Waals surface area contributed by atoms with Crippen LogP contribution in [0.15, 0.2) is 66.9 Å². The van der Waals surface area contributed by atoms with E-state index >= 15 is 0 Å². The van der Waals surface area contributed by atoms with Crippen molar-refractivity contribution in [3.63, 3.8) is 0 Å². The summed E-state index contributed by atoms with van der Waals surface area (Å²) < 4.78 is 14.2. The van der Waals surface area contributed by atoms with Gasteiger partial charge in [-0.3, -0.25) is 23.9 Å². The van der Waals surface area contributed by atoms with Gasteiger partial charge in [-0.15, -0.1) is 28.6 Å². The van der Waals surface area contributed by atoms with Crippen molar-refractivity contribution in [3.05, 3.63) is 83.7 Å². The van der Waals surface area contributed by atoms with Crippen LogP contribution in [0.5, 0.6) is 0 Å². The van der Waals surface area contributed by atoms with Gasteiger partial charge in [-0.2, -0.15) is 0 Å². The van der Waals surface area contributed by atoms with Crippen LogP contribution >= 0.6 is 48.0 Å². The van der Waals surface area contributed by atoms with Crippen molar-refractivity contribution in [2.24, 2.45) is 10.8 Å². The number of fused-ring (bicyclic) bond motifs is 2. The average Bonchev–Trinajstić information content (AvgIpc) is 3.96. The molecule has 3 aromatic rings. The van der Waals surface area contributed by atoms with E-state index in [4.69, 9.17) is 33.9 Å². The Balaban J connectivity index is 0.920. The van der Waals surface area contributed by atoms with Gasteiger partial charge in [0, 0.05) is 13.2 Å². The molecule has 4 saturated heterocycles. The number of thioether (sulfide) groups is 2. The molecule has 4 fully saturated rings. The third-order valence-electron chi connectivity index (χ3n) is 14.5. The van der Waals surface area contributed by atoms with Crippen LogP contribution in [0.25, 0.3) is 0 Å². The smallest absolute Gasteiger partial charge is 0.246 e. The van der Waals surface area contributed by atoms with Crippen molar-refractivity contribution in [1.82, 2.24) is 56.7 Å². The Bertz CT molecular complexity index is 2380. The number of rotatable bonds is 22. The van der Waals surface area contributed by atoms with Gasteiger partial charge in [0.25, 0.3) is 0 Å². The van der Waals surface area contributed by atoms with Gasteiger partial charge in [0.05, 0.1) is 70.9 Å². The molecule has 0 aliphatic carbocycles. The van der Waals surface area contributed by atoms with Gasteiger partial charge in [-0.05, 0) is 93.5 Å². The standard InChI is InChI=1S/C52H75N11O6S4/c1-32(53-7)47(70)57-37-20-24-72-41-26-51(3,4)43(62(41)49(37)66)45(64)55-39(34-16-11-9-12-17-34)30-68-23-15-22-61-28-36(59-60-61)29-69-31-40(35-18-13-10-14-19-35)56-46(65)44-52(5,6)27-42-63(44)50(67)38(21-25-73-42)58-48(71)33(2)54-8/h9-14,16-19,28,32-33,37-44,53-54H,15,20-27,29-31H2,1-8H3,(H,55,64)(H,56,65)(H,57,70)(H,58,71)/t32-,33-,37-,38-,39+,40+,41-,42-,43+,44+/m0/s1. The Hall–Kier alpha value is -4.22. The second-order valence-electron chi connectivity index (χ2n) is 20.9. The zero-order valence-electron chi connectivity index (χ0n) is 43.4. The fourth-order valence-corrected chi connectivity index (χ4v) is 13.9. The Morgan fingerprint density at radius 3 is 1.63 bits per heavy atom. The van der Waals surface area contributed by atoms with Gasteiger partial charge in [0.1, 0.15) is 29.9 Å². The minimum Gasteiger partial charge on any atom is -0.379 e. The molecule has 7 rings (SSSR count). The van der Waals surface area contributed by atoms with E-state index in [-0.39, 0.29) is 66.3 Å². The van der Waals surface area contributed by atoms with E-state index in [0.717, 1.165) is 22.6 Å². The molecule has 0 saturated carbocycles. The number of nitrogens with zero attached hydrogens (tertiary/aromatic N) is 5. The van der Waals surface area contributed by atoms with Crippen molar-refractivity contribution < 1.29 is 28.7 Å². The van der Waals surface area contributed by atoms with Crippen LogP contribution in [0.1, 0.15) is 103 Å². The summed E-state index contributed by atoms with van der Waals surface area (Å²) in [7, 11) is 3.66. The second-order valence-corrected chi connectivity index (χ2v) is 24.4. The number of hydrogen-bond donors (Lipinski definition) is 6. The molecule has 0 radical (unpaired) electrons. The van der Waals surface area contributed by atoms with Crippen molar-refractivity contribution in [3.8, 4) is 0 Å². The summed E-state index contributed by atoms with van der Waals surface area (Å²) in [5.41, 5.74) is 1.49. The maximum atomic E-state index is 14.5. The molecule has 21 heteroatoms. The highest BCUT2D eigenvalue weighted by Crippen LogP contribution is 2.48. The number of ether oxygens (including phenoxy) is 2. The van der Waals surface area contributed by atoms with E-state index in [1.165, 1.54) is 0 Å². The molecule has 4 aliphatic heterocycles. The minimum absolute atomic E-state index is 0.0909. The number of benzene rings is 2. The summed E-state index contributed by atoms with van der Waals surface area (Å²) in [6, 6.07) is 16.0. The largest absolute Gasteiger partial charge is 0.379 e. The number of likely N-dealkylation sites (N-methyl/N-ethyl adjacent to an activating group) is 2. The summed E-state index contributed by atoms with van der Waals surface area (Å²) in [5.74, 6) is 0.925. The first-order chi connectivity index (χ1) is 34.9. The van der Waals surface area contributed by atoms with Crippen LogP contribution in [0.3, 0.4) is 0 Å². The number of thiocarbonyl (C=S) groups is 2. The van der Waals surface area contributed by atoms with Gasteiger partial charge < -0.3 is 51.2 Å². The molecule has 5 heterocycles. The van der Waals surface area contributed by atoms with Gasteiger partial charge in [0.15, 0.2) is 0 Å². The fourth-order valence-electron chi connectivity index (χ4n) is 10.2. The van der Waals surface area contributed by atoms with Gasteiger partial charge in [-0.25, -0.2) is 0 Å². The normalized spacial score (nSPS) is 25.0. The lowest BCUT2D eigenvalue weighted by Crippen LogP contribution is -2.58. The SMILES string of the molecule is CN[C@@H](C)C(=S)N[C@H]1CCS[C@H]2CC(C)(C)[C@@H](C(=O)N[C@H](COCCCn3cc(COC[C@@H](NC(=O)[C@H]4N5C(=O)[C@@H](NC(=S)[C@H](C)NC)CCS[C@H]5CC4(C)C)c4ccccc4)nn3)c3ccccc3)N2C1=O. The molecule has 0 unspecified atom stereocenters. The van der Waals surface area contributed by atoms with Gasteiger partial charge in [0.2, 0.25) is 23.6 Å². The van der Waals surface area contributed by atoms with E-state index < -0.39 is 47.1 Å². The Labute approximate surface area is 450 Å². The summed E-state index contributed by atoms with van der Waals surface area (Å²) >= 11 is 14.7. The Morgan fingerprint density at radius 1 is 0.726 bits per heavy atom. The van der Waals surface area contributed by atoms with Gasteiger partial charge >= 0.3 is 0 Å². The van der Waals surface area contributed by atoms with E-state index in [0.29, 0.717) is 60.9 Å². The molecule has 17 nitrogen and oxygen atoms in total. The molecule has 0 spiro atoms. The number of amides is 4. The average molecular weight is 1080 g/mol. The number of carbonyl (C=O) groups excluding carboxylic acids is 4. The first kappa shape index (κ1) is 56.5. The summed E-state index contributed by atoms with van der Waals surface area (Å²) in [6.45, 7) is 13.7. The topological polar surface area (TPSA) is 196 Å². The molecular weight excluding hydrogens is 1000 g/mol. The highest BCUT2D eigenvalue weighted by atomic mass is 32.2. The zero-order chi connectivity index (χ0) is 52.5. The maximum Gasteiger partial charge on any atom is 0.246 e. The van der Waals surface area contributed by atoms with E-state index in [1.807, 2.05) is 94.8 Å². The van der Waals surface area contributed by atoms with Crippen LogP contribution in [0, 0.1) is 10.8 Å². The number of hydrogen-bond acceptors (Lipinski definition) is 14. The van der Waals surface area contributed by atoms with Crippen molar-refractivity contribution >= 4 is 81.6 Å². The molecule has 1 aromatic heterocycles. The molecule has 4 aliphatic rings. The lowest BCUT2D eigenvalue weighted by Gasteiger charge is -2.35. The molecular formula is C52H75N11O6S4. The van der Waals surface area contributed by atoms with Crippen LogP contribution in [-0.2, 0) is 41.8 Å². The van der Waals surface area contributed by atoms with Crippen LogP contribution in [-0.4, -0.2) is 151 Å². The summed E-state index contributed by atoms with van der Waals surface area (Å²) in [6.07, 6.45) is 5.12. The monoisotopic (exact) mass is 1080 g/mol. The predicted molar refractivity (Wildman–Crippen MR) is 296 cm³/mol. The molecule has 6 N–H and O–H groups in total. The molecule has 4 amide bonds. The molecule has 2 aromatic carbocycles. The Morgan fingerprint density at radius 2 is 1.18 bits per heavy atom. The Kier molecular flexibility index (Phi) is 19.8. The fraction of sp³-hybridized carbons (Fsp3) is 0.615. The van der Waals surface area contributed by atoms with E-state index in [1.54, 1.807) is 38.0 Å². The van der Waals surface area contributed by atoms with Crippen molar-refractivity contribution in [2.45, 2.75) is 146 Å². The first-order valence-corrected chi connectivity index (χ1v) is 28.4. The lowest BCUT2D eigenvalue weighted by atomic mass is 9.83. The summed E-state index contributed by atoms with van der Waals surface area (Å²) in [5, 5.41) is 27.9. The lowest BCUT2D eigenvalue weighted by molar-refractivity contribution is -0.142. The van der Waals surface area contributed by atoms with Crippen molar-refractivity contribution in [1.29, 1.82) is 0 Å². The molecule has 0 bridgehead atoms. The van der Waals surface area contributed by atoms with Crippen molar-refractivity contribution in [2.75, 3.05) is 45.4 Å². The predicted octanol–water partition coefficient (Wildman–Crippen LogP) is 4.88. The molecule has 398 valence electrons. The third-order valence-corrected chi connectivity index (χ3v) is 17.9. The molecule has 10 atom stereocenters. The minimum atomic E-state index is -0.689. The number of carbonyl (C=O) groups is 4. The second kappa shape index (κ2) is 25.5. The van der Waals surface area contributed by atoms with Crippen LogP contribution in [0.2, 0.25) is 0 Å². The first-order valence-electron chi connectivity index (χ1n) is 25.5. The van der Waals surface area contributed by atoms with Gasteiger partial charge in [-0.1, -0.05) is 118 Å². The van der Waals surface area contributed by atoms with E-state index in [9.17, 15) is 19.2 Å². The van der Waals surface area contributed by atoms with E-state index in [2.05, 4.69) is 69.9 Å². The summed E-state index contributed by atoms with van der Waals surface area (Å²) in [4.78, 5) is 62.2. The third kappa shape index (κ3) is 14.0. The van der Waals surface area contributed by atoms with Crippen LogP contribution in [0.4, 0.5) is 0 Å². The quantitative estimate of drug-likeness (QED) is 0.0588. The number of aromatic nitrogens is 3. The highest BCUT2D eigenvalue weighted by Gasteiger charge is 2.56. The maximum absolute atomic E-state index is 14.5. The molecule has 73 heavy (non-hydrogen) atoms. The highest BCUT2D eigenvalue weighted by molar-refractivity contribution is 8.00. The zero-order valence-corrected chi connectivity index (χ0v) is 46.7.